The first-order chi connectivity index (χ1) is 14.9. The van der Waals surface area contributed by atoms with E-state index in [9.17, 15) is 13.2 Å². The van der Waals surface area contributed by atoms with Crippen LogP contribution in [0.5, 0.6) is 5.75 Å². The number of nitrogen functional groups attached to an aromatic ring is 1. The lowest BCUT2D eigenvalue weighted by molar-refractivity contribution is -0.106. The van der Waals surface area contributed by atoms with Gasteiger partial charge in [-0.1, -0.05) is 33.3 Å². The first-order valence-corrected chi connectivity index (χ1v) is 11.8. The number of hydrogen-bond acceptors (Lipinski definition) is 7. The van der Waals surface area contributed by atoms with E-state index in [-0.39, 0.29) is 27.5 Å². The van der Waals surface area contributed by atoms with Crippen molar-refractivity contribution >= 4 is 37.5 Å². The van der Waals surface area contributed by atoms with Gasteiger partial charge >= 0.3 is 6.18 Å². The molecule has 2 aromatic heterocycles. The molecule has 0 amide bonds. The summed E-state index contributed by atoms with van der Waals surface area (Å²) < 4.78 is 49.3. The molecular formula is C19H23F3N5O2PS. The number of nitrogens with two attached hydrogens (primary N) is 1. The van der Waals surface area contributed by atoms with Crippen LogP contribution in [0.15, 0.2) is 40.5 Å². The van der Waals surface area contributed by atoms with Crippen molar-refractivity contribution in [3.63, 3.8) is 0 Å². The third kappa shape index (κ3) is 7.22. The quantitative estimate of drug-likeness (QED) is 0.248. The first kappa shape index (κ1) is 23.6. The fourth-order valence-electron chi connectivity index (χ4n) is 2.63. The van der Waals surface area contributed by atoms with E-state index in [0.29, 0.717) is 29.3 Å². The number of fused-ring (bicyclic) bond motifs is 1. The van der Waals surface area contributed by atoms with Crippen LogP contribution in [0.2, 0.25) is 0 Å². The SMILES string of the molecule is CCCOc1cccc(Sc2nc(N)nc3c2ncn3CCOCPCC(F)(F)F)c1. The highest BCUT2D eigenvalue weighted by molar-refractivity contribution is 7.99. The molecule has 31 heavy (non-hydrogen) atoms. The second-order valence-corrected chi connectivity index (χ2v) is 8.72. The van der Waals surface area contributed by atoms with E-state index in [1.54, 1.807) is 10.9 Å². The predicted molar refractivity (Wildman–Crippen MR) is 116 cm³/mol. The summed E-state index contributed by atoms with van der Waals surface area (Å²) in [6.45, 7) is 3.33. The average Bonchev–Trinajstić information content (AvgIpc) is 3.11. The Labute approximate surface area is 183 Å². The van der Waals surface area contributed by atoms with Gasteiger partial charge in [-0.15, -0.1) is 0 Å². The van der Waals surface area contributed by atoms with Crippen molar-refractivity contribution < 1.29 is 22.6 Å². The van der Waals surface area contributed by atoms with Crippen molar-refractivity contribution in [3.05, 3.63) is 30.6 Å². The summed E-state index contributed by atoms with van der Waals surface area (Å²) in [5.41, 5.74) is 7.05. The molecule has 1 aromatic carbocycles. The van der Waals surface area contributed by atoms with Crippen LogP contribution in [0, 0.1) is 0 Å². The molecule has 0 spiro atoms. The molecule has 12 heteroatoms. The first-order valence-electron chi connectivity index (χ1n) is 9.60. The zero-order valence-corrected chi connectivity index (χ0v) is 18.7. The van der Waals surface area contributed by atoms with Gasteiger partial charge in [0.05, 0.1) is 32.1 Å². The van der Waals surface area contributed by atoms with Gasteiger partial charge in [0.1, 0.15) is 16.3 Å². The van der Waals surface area contributed by atoms with Gasteiger partial charge in [-0.3, -0.25) is 0 Å². The maximum Gasteiger partial charge on any atom is 0.392 e. The number of alkyl halides is 3. The van der Waals surface area contributed by atoms with Crippen LogP contribution in [0.4, 0.5) is 19.1 Å². The normalized spacial score (nSPS) is 12.3. The number of rotatable bonds is 11. The monoisotopic (exact) mass is 473 g/mol. The third-order valence-corrected chi connectivity index (χ3v) is 5.97. The minimum Gasteiger partial charge on any atom is -0.494 e. The number of hydrogen-bond donors (Lipinski definition) is 1. The molecule has 0 radical (unpaired) electrons. The molecule has 0 saturated heterocycles. The summed E-state index contributed by atoms with van der Waals surface area (Å²) in [6.07, 6.45) is -2.38. The molecule has 3 aromatic rings. The maximum atomic E-state index is 12.2. The molecule has 3 rings (SSSR count). The van der Waals surface area contributed by atoms with Gasteiger partial charge in [0.25, 0.3) is 0 Å². The van der Waals surface area contributed by atoms with Crippen molar-refractivity contribution in [2.75, 3.05) is 31.5 Å². The van der Waals surface area contributed by atoms with Crippen molar-refractivity contribution in [2.45, 2.75) is 36.0 Å². The van der Waals surface area contributed by atoms with Crippen LogP contribution >= 0.6 is 20.3 Å². The molecule has 0 bridgehead atoms. The zero-order chi connectivity index (χ0) is 22.3. The van der Waals surface area contributed by atoms with Crippen LogP contribution in [-0.2, 0) is 11.3 Å². The van der Waals surface area contributed by atoms with Gasteiger partial charge in [-0.05, 0) is 24.6 Å². The lowest BCUT2D eigenvalue weighted by atomic mass is 10.3. The van der Waals surface area contributed by atoms with Gasteiger partial charge in [-0.25, -0.2) is 9.97 Å². The summed E-state index contributed by atoms with van der Waals surface area (Å²) >= 11 is 1.41. The molecule has 0 aliphatic rings. The number of ether oxygens (including phenoxy) is 2. The molecule has 0 aliphatic carbocycles. The van der Waals surface area contributed by atoms with Crippen LogP contribution in [0.1, 0.15) is 13.3 Å². The number of imidazole rings is 1. The van der Waals surface area contributed by atoms with E-state index >= 15 is 0 Å². The fourth-order valence-corrected chi connectivity index (χ4v) is 4.23. The standard InChI is InChI=1S/C19H23F3N5O2PS/c1-2-7-29-13-4-3-5-14(9-13)31-17-15-16(25-18(23)26-17)27(11-24-15)6-8-28-12-30-10-19(20,21)22/h3-5,9,11,30H,2,6-8,10,12H2,1H3,(H2,23,25,26). The molecule has 0 saturated carbocycles. The van der Waals surface area contributed by atoms with Gasteiger partial charge in [0, 0.05) is 11.4 Å². The van der Waals surface area contributed by atoms with Crippen molar-refractivity contribution in [1.29, 1.82) is 0 Å². The Morgan fingerprint density at radius 3 is 2.84 bits per heavy atom. The third-order valence-electron chi connectivity index (χ3n) is 3.95. The lowest BCUT2D eigenvalue weighted by Crippen LogP contribution is -2.11. The molecular weight excluding hydrogens is 450 g/mol. The highest BCUT2D eigenvalue weighted by atomic mass is 32.2. The van der Waals surface area contributed by atoms with E-state index in [2.05, 4.69) is 15.0 Å². The molecule has 168 valence electrons. The number of aromatic nitrogens is 4. The predicted octanol–water partition coefficient (Wildman–Crippen LogP) is 4.56. The van der Waals surface area contributed by atoms with Crippen LogP contribution in [0.3, 0.4) is 0 Å². The molecule has 0 aliphatic heterocycles. The van der Waals surface area contributed by atoms with E-state index in [1.165, 1.54) is 11.8 Å². The average molecular weight is 473 g/mol. The Morgan fingerprint density at radius 1 is 1.23 bits per heavy atom. The Balaban J connectivity index is 1.66. The molecule has 2 N–H and O–H groups in total. The zero-order valence-electron chi connectivity index (χ0n) is 16.9. The van der Waals surface area contributed by atoms with E-state index in [1.807, 2.05) is 31.2 Å². The minimum atomic E-state index is -4.15. The molecule has 7 nitrogen and oxygen atoms in total. The molecule has 1 unspecified atom stereocenters. The molecule has 2 heterocycles. The second kappa shape index (κ2) is 11.0. The smallest absolute Gasteiger partial charge is 0.392 e. The Kier molecular flexibility index (Phi) is 8.34. The Hall–Kier alpha value is -2.10. The van der Waals surface area contributed by atoms with Crippen LogP contribution in [0.25, 0.3) is 11.2 Å². The number of anilines is 1. The van der Waals surface area contributed by atoms with E-state index in [4.69, 9.17) is 15.2 Å². The van der Waals surface area contributed by atoms with Crippen molar-refractivity contribution in [3.8, 4) is 5.75 Å². The summed E-state index contributed by atoms with van der Waals surface area (Å²) in [5, 5.41) is 0.612. The van der Waals surface area contributed by atoms with Gasteiger partial charge in [-0.2, -0.15) is 18.2 Å². The highest BCUT2D eigenvalue weighted by Gasteiger charge is 2.26. The van der Waals surface area contributed by atoms with Gasteiger partial charge in [0.15, 0.2) is 5.65 Å². The molecule has 0 fully saturated rings. The van der Waals surface area contributed by atoms with E-state index in [0.717, 1.165) is 17.1 Å². The second-order valence-electron chi connectivity index (χ2n) is 6.52. The van der Waals surface area contributed by atoms with Crippen LogP contribution in [-0.4, -0.2) is 51.4 Å². The Morgan fingerprint density at radius 2 is 2.06 bits per heavy atom. The number of benzene rings is 1. The maximum absolute atomic E-state index is 12.2. The van der Waals surface area contributed by atoms with Gasteiger partial charge in [0.2, 0.25) is 5.95 Å². The largest absolute Gasteiger partial charge is 0.494 e. The number of nitrogens with zero attached hydrogens (tertiary/aromatic N) is 4. The summed E-state index contributed by atoms with van der Waals surface area (Å²) in [4.78, 5) is 13.9. The Bertz CT molecular complexity index is 1000. The number of halogens is 3. The summed E-state index contributed by atoms with van der Waals surface area (Å²) in [7, 11) is -0.313. The highest BCUT2D eigenvalue weighted by Crippen LogP contribution is 2.33. The minimum absolute atomic E-state index is 0.0702. The van der Waals surface area contributed by atoms with E-state index < -0.39 is 12.3 Å². The topological polar surface area (TPSA) is 88.1 Å². The van der Waals surface area contributed by atoms with Crippen LogP contribution < -0.4 is 10.5 Å². The molecule has 1 atom stereocenters. The fraction of sp³-hybridized carbons (Fsp3) is 0.421. The summed E-state index contributed by atoms with van der Waals surface area (Å²) in [6, 6.07) is 7.68. The van der Waals surface area contributed by atoms with Crippen molar-refractivity contribution in [1.82, 2.24) is 19.5 Å². The lowest BCUT2D eigenvalue weighted by Gasteiger charge is -2.09. The van der Waals surface area contributed by atoms with Crippen molar-refractivity contribution in [2.24, 2.45) is 0 Å². The summed E-state index contributed by atoms with van der Waals surface area (Å²) in [5.74, 6) is 0.891. The van der Waals surface area contributed by atoms with Gasteiger partial charge < -0.3 is 19.8 Å².